The molecule has 0 saturated heterocycles. The van der Waals surface area contributed by atoms with Crippen molar-refractivity contribution in [3.63, 3.8) is 0 Å². The molecular formula is C22H23Cl3F3NO3. The van der Waals surface area contributed by atoms with Crippen LogP contribution in [-0.4, -0.2) is 24.8 Å². The van der Waals surface area contributed by atoms with Gasteiger partial charge in [0.25, 0.3) is 0 Å². The minimum Gasteiger partial charge on any atom is -0.493 e. The predicted octanol–water partition coefficient (Wildman–Crippen LogP) is 7.86. The van der Waals surface area contributed by atoms with Gasteiger partial charge in [0.05, 0.1) is 18.8 Å². The smallest absolute Gasteiger partial charge is 0.417 e. The van der Waals surface area contributed by atoms with E-state index in [4.69, 9.17) is 49.0 Å². The Morgan fingerprint density at radius 2 is 1.50 bits per heavy atom. The van der Waals surface area contributed by atoms with Crippen molar-refractivity contribution in [1.29, 1.82) is 0 Å². The average Bonchev–Trinajstić information content (AvgIpc) is 2.71. The summed E-state index contributed by atoms with van der Waals surface area (Å²) in [4.78, 5) is 3.68. The van der Waals surface area contributed by atoms with E-state index in [1.165, 1.54) is 12.1 Å². The van der Waals surface area contributed by atoms with Crippen molar-refractivity contribution in [2.45, 2.75) is 38.3 Å². The van der Waals surface area contributed by atoms with Crippen molar-refractivity contribution in [2.75, 3.05) is 19.8 Å². The Balaban J connectivity index is 1.56. The van der Waals surface area contributed by atoms with E-state index >= 15 is 0 Å². The fraction of sp³-hybridized carbons (Fsp3) is 0.409. The summed E-state index contributed by atoms with van der Waals surface area (Å²) in [5, 5.41) is 0.501. The fourth-order valence-corrected chi connectivity index (χ4v) is 2.98. The van der Waals surface area contributed by atoms with E-state index in [-0.39, 0.29) is 17.0 Å². The maximum absolute atomic E-state index is 12.5. The molecule has 0 aliphatic rings. The van der Waals surface area contributed by atoms with E-state index in [0.29, 0.717) is 29.7 Å². The van der Waals surface area contributed by atoms with Crippen LogP contribution >= 0.6 is 34.8 Å². The van der Waals surface area contributed by atoms with E-state index in [9.17, 15) is 13.2 Å². The summed E-state index contributed by atoms with van der Waals surface area (Å²) in [7, 11) is 0. The van der Waals surface area contributed by atoms with Crippen LogP contribution in [0.4, 0.5) is 13.2 Å². The van der Waals surface area contributed by atoms with Gasteiger partial charge in [-0.1, -0.05) is 54.1 Å². The molecule has 0 N–H and O–H groups in total. The molecule has 32 heavy (non-hydrogen) atoms. The van der Waals surface area contributed by atoms with Crippen LogP contribution in [0.3, 0.4) is 0 Å². The molecule has 4 nitrogen and oxygen atoms in total. The maximum atomic E-state index is 12.5. The molecule has 0 spiro atoms. The van der Waals surface area contributed by atoms with Gasteiger partial charge in [-0.15, -0.1) is 0 Å². The van der Waals surface area contributed by atoms with Gasteiger partial charge < -0.3 is 14.2 Å². The van der Waals surface area contributed by atoms with Gasteiger partial charge in [0.15, 0.2) is 0 Å². The molecule has 2 aromatic rings. The minimum atomic E-state index is -4.39. The van der Waals surface area contributed by atoms with Gasteiger partial charge in [0.1, 0.15) is 22.6 Å². The first-order valence-electron chi connectivity index (χ1n) is 9.97. The first-order valence-corrected chi connectivity index (χ1v) is 11.1. The highest BCUT2D eigenvalue weighted by molar-refractivity contribution is 6.55. The molecule has 10 heteroatoms. The highest BCUT2D eigenvalue weighted by Crippen LogP contribution is 2.29. The highest BCUT2D eigenvalue weighted by Gasteiger charge is 2.30. The Bertz CT molecular complexity index is 858. The lowest BCUT2D eigenvalue weighted by molar-refractivity contribution is -0.137. The third-order valence-corrected chi connectivity index (χ3v) is 4.73. The maximum Gasteiger partial charge on any atom is 0.417 e. The molecule has 0 radical (unpaired) electrons. The topological polar surface area (TPSA) is 40.6 Å². The van der Waals surface area contributed by atoms with Crippen molar-refractivity contribution < 1.29 is 27.4 Å². The van der Waals surface area contributed by atoms with Crippen molar-refractivity contribution in [1.82, 2.24) is 4.98 Å². The molecule has 0 fully saturated rings. The first kappa shape index (κ1) is 26.4. The minimum absolute atomic E-state index is 0.131. The number of nitrogens with zero attached hydrogens (tertiary/aromatic N) is 1. The van der Waals surface area contributed by atoms with Gasteiger partial charge in [-0.2, -0.15) is 13.2 Å². The van der Waals surface area contributed by atoms with Crippen LogP contribution in [0.25, 0.3) is 0 Å². The van der Waals surface area contributed by atoms with E-state index in [1.807, 2.05) is 0 Å². The van der Waals surface area contributed by atoms with Crippen LogP contribution in [0.5, 0.6) is 17.4 Å². The molecule has 176 valence electrons. The average molecular weight is 513 g/mol. The number of benzene rings is 1. The van der Waals surface area contributed by atoms with Gasteiger partial charge in [-0.25, -0.2) is 4.98 Å². The van der Waals surface area contributed by atoms with Gasteiger partial charge in [0, 0.05) is 23.4 Å². The molecule has 0 unspecified atom stereocenters. The number of halogens is 6. The van der Waals surface area contributed by atoms with Crippen molar-refractivity contribution in [2.24, 2.45) is 0 Å². The quantitative estimate of drug-likeness (QED) is 0.256. The molecule has 0 aliphatic heterocycles. The molecule has 0 bridgehead atoms. The summed E-state index contributed by atoms with van der Waals surface area (Å²) in [5.41, 5.74) is -0.790. The summed E-state index contributed by atoms with van der Waals surface area (Å²) < 4.78 is 54.2. The first-order chi connectivity index (χ1) is 15.2. The number of alkyl halides is 3. The predicted molar refractivity (Wildman–Crippen MR) is 120 cm³/mol. The Morgan fingerprint density at radius 1 is 0.875 bits per heavy atom. The van der Waals surface area contributed by atoms with E-state index in [1.54, 1.807) is 18.2 Å². The zero-order valence-electron chi connectivity index (χ0n) is 17.1. The second kappa shape index (κ2) is 13.7. The summed E-state index contributed by atoms with van der Waals surface area (Å²) in [6.45, 7) is 1.17. The normalized spacial score (nSPS) is 11.2. The monoisotopic (exact) mass is 511 g/mol. The van der Waals surface area contributed by atoms with Crippen LogP contribution in [0.1, 0.15) is 37.7 Å². The third-order valence-electron chi connectivity index (χ3n) is 4.20. The highest BCUT2D eigenvalue weighted by atomic mass is 35.5. The van der Waals surface area contributed by atoms with E-state index in [2.05, 4.69) is 4.98 Å². The molecule has 2 rings (SSSR count). The largest absolute Gasteiger partial charge is 0.493 e. The lowest BCUT2D eigenvalue weighted by atomic mass is 10.1. The Hall–Kier alpha value is -1.83. The van der Waals surface area contributed by atoms with Crippen molar-refractivity contribution >= 4 is 34.8 Å². The number of hydrogen-bond donors (Lipinski definition) is 0. The van der Waals surface area contributed by atoms with Gasteiger partial charge in [-0.3, -0.25) is 0 Å². The number of hydrogen-bond acceptors (Lipinski definition) is 4. The summed E-state index contributed by atoms with van der Waals surface area (Å²) >= 11 is 17.2. The number of rotatable bonds is 13. The van der Waals surface area contributed by atoms with E-state index in [0.717, 1.165) is 44.4 Å². The Kier molecular flexibility index (Phi) is 11.3. The number of unbranched alkanes of at least 4 members (excludes halogenated alkanes) is 4. The SMILES string of the molecule is FC(F)(F)c1ccc(OCCCCCCCOc2cc(Cl)cc(OCC=C(Cl)Cl)c2)nc1. The number of pyridine rings is 1. The molecule has 0 aliphatic carbocycles. The lowest BCUT2D eigenvalue weighted by Crippen LogP contribution is -2.06. The van der Waals surface area contributed by atoms with Crippen molar-refractivity contribution in [3.8, 4) is 17.4 Å². The van der Waals surface area contributed by atoms with Gasteiger partial charge >= 0.3 is 6.18 Å². The molecule has 1 aromatic heterocycles. The molecule has 0 amide bonds. The van der Waals surface area contributed by atoms with Crippen LogP contribution in [0.2, 0.25) is 5.02 Å². The standard InChI is InChI=1S/C22H23Cl3F3NO3/c23-17-12-18(14-19(13-17)31-11-8-20(24)25)30-9-4-2-1-3-5-10-32-21-7-6-16(15-29-21)22(26,27)28/h6-8,12-15H,1-5,9-11H2. The summed E-state index contributed by atoms with van der Waals surface area (Å²) in [5.74, 6) is 1.37. The Morgan fingerprint density at radius 3 is 2.09 bits per heavy atom. The molecule has 1 aromatic carbocycles. The fourth-order valence-electron chi connectivity index (χ4n) is 2.64. The molecule has 1 heterocycles. The number of aromatic nitrogens is 1. The Labute approximate surface area is 200 Å². The van der Waals surface area contributed by atoms with Crippen LogP contribution in [0, 0.1) is 0 Å². The molecule has 0 atom stereocenters. The summed E-state index contributed by atoms with van der Waals surface area (Å²) in [6.07, 6.45) is 2.46. The zero-order chi connectivity index (χ0) is 23.4. The van der Waals surface area contributed by atoms with E-state index < -0.39 is 11.7 Å². The second-order valence-corrected chi connectivity index (χ2v) is 8.22. The summed E-state index contributed by atoms with van der Waals surface area (Å²) in [6, 6.07) is 7.33. The molecule has 0 saturated carbocycles. The van der Waals surface area contributed by atoms with Gasteiger partial charge in [-0.05, 0) is 37.1 Å². The number of ether oxygens (including phenoxy) is 3. The van der Waals surface area contributed by atoms with Gasteiger partial charge in [0.2, 0.25) is 5.88 Å². The third kappa shape index (κ3) is 10.7. The van der Waals surface area contributed by atoms with Crippen molar-refractivity contribution in [3.05, 3.63) is 57.7 Å². The second-order valence-electron chi connectivity index (χ2n) is 6.77. The van der Waals surface area contributed by atoms with Crippen LogP contribution < -0.4 is 14.2 Å². The zero-order valence-corrected chi connectivity index (χ0v) is 19.4. The van der Waals surface area contributed by atoms with Crippen LogP contribution in [-0.2, 0) is 6.18 Å². The molecular weight excluding hydrogens is 490 g/mol. The lowest BCUT2D eigenvalue weighted by Gasteiger charge is -2.10. The van der Waals surface area contributed by atoms with Crippen LogP contribution in [0.15, 0.2) is 47.1 Å².